The normalized spacial score (nSPS) is 10.7. The second kappa shape index (κ2) is 12.5. The molecule has 0 spiro atoms. The summed E-state index contributed by atoms with van der Waals surface area (Å²) in [4.78, 5) is 14.0. The Labute approximate surface area is 258 Å². The smallest absolute Gasteiger partial charge is 0.0965 e. The molecule has 0 N–H and O–H groups in total. The van der Waals surface area contributed by atoms with Crippen molar-refractivity contribution in [3.63, 3.8) is 0 Å². The lowest BCUT2D eigenvalue weighted by Gasteiger charge is -2.33. The maximum absolute atomic E-state index is 4.74. The average Bonchev–Trinajstić information content (AvgIpc) is 3.11. The van der Waals surface area contributed by atoms with Crippen LogP contribution in [0, 0.1) is 0 Å². The first-order valence-electron chi connectivity index (χ1n) is 14.7. The van der Waals surface area contributed by atoms with Crippen LogP contribution in [-0.4, -0.2) is 9.97 Å². The summed E-state index contributed by atoms with van der Waals surface area (Å²) in [5.41, 5.74) is 10.2. The zero-order valence-electron chi connectivity index (χ0n) is 24.1. The summed E-state index contributed by atoms with van der Waals surface area (Å²) in [6, 6.07) is 58.9. The van der Waals surface area contributed by atoms with Gasteiger partial charge in [-0.2, -0.15) is 0 Å². The Morgan fingerprint density at radius 2 is 0.614 bits per heavy atom. The second-order valence-electron chi connectivity index (χ2n) is 10.3. The molecule has 0 aliphatic heterocycles. The Kier molecular flexibility index (Phi) is 7.62. The Balaban J connectivity index is 1.36. The number of aromatic nitrogens is 2. The average molecular weight is 567 g/mol. The third-order valence-electron chi connectivity index (χ3n) is 7.55. The first-order chi connectivity index (χ1) is 21.9. The summed E-state index contributed by atoms with van der Waals surface area (Å²) < 4.78 is 0. The largest absolute Gasteiger partial charge is 0.308 e. The molecule has 0 bridgehead atoms. The van der Waals surface area contributed by atoms with Gasteiger partial charge in [0, 0.05) is 46.3 Å². The number of hydrogen-bond acceptors (Lipinski definition) is 4. The van der Waals surface area contributed by atoms with Gasteiger partial charge < -0.3 is 9.80 Å². The monoisotopic (exact) mass is 566 g/mol. The predicted octanol–water partition coefficient (Wildman–Crippen LogP) is 10.8. The Bertz CT molecular complexity index is 1900. The van der Waals surface area contributed by atoms with Gasteiger partial charge in [-0.1, -0.05) is 109 Å². The standard InChI is InChI=1S/C40H30N4/c1-5-15-31(16-6-1)39-40(42-30-29-41-39)32-25-27-36(28-26-32)44(35-21-11-4-12-22-35)38-24-14-13-23-37(38)43(33-17-7-2-8-18-33)34-19-9-3-10-20-34/h1-30H. The SMILES string of the molecule is c1ccc(-c2nccnc2-c2ccc(N(c3ccccc3)c3ccccc3N(c3ccccc3)c3ccccc3)cc2)cc1. The molecule has 0 amide bonds. The van der Waals surface area contributed by atoms with E-state index in [1.165, 1.54) is 0 Å². The van der Waals surface area contributed by atoms with Crippen molar-refractivity contribution in [2.45, 2.75) is 0 Å². The van der Waals surface area contributed by atoms with Crippen molar-refractivity contribution in [1.82, 2.24) is 9.97 Å². The maximum Gasteiger partial charge on any atom is 0.0965 e. The van der Waals surface area contributed by atoms with E-state index in [0.717, 1.165) is 56.6 Å². The van der Waals surface area contributed by atoms with Crippen LogP contribution in [0.4, 0.5) is 34.1 Å². The van der Waals surface area contributed by atoms with Crippen LogP contribution in [0.15, 0.2) is 182 Å². The fraction of sp³-hybridized carbons (Fsp3) is 0. The van der Waals surface area contributed by atoms with Gasteiger partial charge in [0.15, 0.2) is 0 Å². The van der Waals surface area contributed by atoms with Crippen LogP contribution < -0.4 is 9.80 Å². The zero-order valence-corrected chi connectivity index (χ0v) is 24.1. The van der Waals surface area contributed by atoms with Crippen LogP contribution in [0.25, 0.3) is 22.5 Å². The van der Waals surface area contributed by atoms with E-state index in [2.05, 4.69) is 166 Å². The summed E-state index contributed by atoms with van der Waals surface area (Å²) in [5.74, 6) is 0. The molecule has 0 saturated heterocycles. The summed E-state index contributed by atoms with van der Waals surface area (Å²) in [6.07, 6.45) is 3.50. The highest BCUT2D eigenvalue weighted by Gasteiger charge is 2.22. The molecule has 0 aliphatic carbocycles. The molecule has 6 aromatic carbocycles. The summed E-state index contributed by atoms with van der Waals surface area (Å²) in [5, 5.41) is 0. The summed E-state index contributed by atoms with van der Waals surface area (Å²) >= 11 is 0. The Morgan fingerprint density at radius 1 is 0.295 bits per heavy atom. The molecule has 44 heavy (non-hydrogen) atoms. The summed E-state index contributed by atoms with van der Waals surface area (Å²) in [6.45, 7) is 0. The molecule has 0 fully saturated rings. The van der Waals surface area contributed by atoms with Gasteiger partial charge in [0.2, 0.25) is 0 Å². The molecule has 4 heteroatoms. The minimum atomic E-state index is 0.858. The van der Waals surface area contributed by atoms with Gasteiger partial charge in [0.05, 0.1) is 22.8 Å². The predicted molar refractivity (Wildman–Crippen MR) is 182 cm³/mol. The van der Waals surface area contributed by atoms with Gasteiger partial charge in [-0.25, -0.2) is 0 Å². The molecule has 1 aromatic heterocycles. The molecule has 1 heterocycles. The van der Waals surface area contributed by atoms with Crippen LogP contribution in [0.2, 0.25) is 0 Å². The number of para-hydroxylation sites is 5. The van der Waals surface area contributed by atoms with Crippen molar-refractivity contribution in [1.29, 1.82) is 0 Å². The van der Waals surface area contributed by atoms with Gasteiger partial charge in [-0.15, -0.1) is 0 Å². The molecular formula is C40H30N4. The second-order valence-corrected chi connectivity index (χ2v) is 10.3. The van der Waals surface area contributed by atoms with Crippen molar-refractivity contribution in [3.05, 3.63) is 182 Å². The first kappa shape index (κ1) is 26.9. The highest BCUT2D eigenvalue weighted by molar-refractivity contribution is 5.91. The first-order valence-corrected chi connectivity index (χ1v) is 14.7. The van der Waals surface area contributed by atoms with Gasteiger partial charge in [0.1, 0.15) is 0 Å². The number of anilines is 6. The van der Waals surface area contributed by atoms with Crippen molar-refractivity contribution in [3.8, 4) is 22.5 Å². The van der Waals surface area contributed by atoms with Crippen LogP contribution in [0.1, 0.15) is 0 Å². The minimum absolute atomic E-state index is 0.858. The lowest BCUT2D eigenvalue weighted by Crippen LogP contribution is -2.16. The molecule has 4 nitrogen and oxygen atoms in total. The van der Waals surface area contributed by atoms with E-state index in [4.69, 9.17) is 4.98 Å². The van der Waals surface area contributed by atoms with E-state index in [1.807, 2.05) is 18.2 Å². The van der Waals surface area contributed by atoms with Crippen molar-refractivity contribution < 1.29 is 0 Å². The van der Waals surface area contributed by atoms with E-state index in [0.29, 0.717) is 0 Å². The lowest BCUT2D eigenvalue weighted by molar-refractivity contribution is 1.20. The van der Waals surface area contributed by atoms with E-state index < -0.39 is 0 Å². The van der Waals surface area contributed by atoms with Gasteiger partial charge in [-0.3, -0.25) is 9.97 Å². The number of hydrogen-bond donors (Lipinski definition) is 0. The van der Waals surface area contributed by atoms with Crippen LogP contribution >= 0.6 is 0 Å². The van der Waals surface area contributed by atoms with Crippen molar-refractivity contribution >= 4 is 34.1 Å². The molecule has 0 atom stereocenters. The van der Waals surface area contributed by atoms with Crippen molar-refractivity contribution in [2.24, 2.45) is 0 Å². The molecule has 7 rings (SSSR count). The summed E-state index contributed by atoms with van der Waals surface area (Å²) in [7, 11) is 0. The molecule has 0 unspecified atom stereocenters. The molecule has 210 valence electrons. The zero-order chi connectivity index (χ0) is 29.6. The van der Waals surface area contributed by atoms with E-state index in [9.17, 15) is 0 Å². The number of benzene rings is 6. The third kappa shape index (κ3) is 5.44. The van der Waals surface area contributed by atoms with Gasteiger partial charge >= 0.3 is 0 Å². The Morgan fingerprint density at radius 3 is 1.02 bits per heavy atom. The molecule has 7 aromatic rings. The quantitative estimate of drug-likeness (QED) is 0.183. The lowest BCUT2D eigenvalue weighted by atomic mass is 10.0. The fourth-order valence-corrected chi connectivity index (χ4v) is 5.55. The van der Waals surface area contributed by atoms with E-state index in [-0.39, 0.29) is 0 Å². The molecule has 0 aliphatic rings. The van der Waals surface area contributed by atoms with Crippen LogP contribution in [-0.2, 0) is 0 Å². The highest BCUT2D eigenvalue weighted by atomic mass is 15.2. The van der Waals surface area contributed by atoms with Crippen LogP contribution in [0.3, 0.4) is 0 Å². The Hall–Kier alpha value is -6.00. The fourth-order valence-electron chi connectivity index (χ4n) is 5.55. The minimum Gasteiger partial charge on any atom is -0.308 e. The van der Waals surface area contributed by atoms with Gasteiger partial charge in [-0.05, 0) is 60.7 Å². The van der Waals surface area contributed by atoms with Gasteiger partial charge in [0.25, 0.3) is 0 Å². The highest BCUT2D eigenvalue weighted by Crippen LogP contribution is 2.45. The van der Waals surface area contributed by atoms with E-state index in [1.54, 1.807) is 12.4 Å². The number of nitrogens with zero attached hydrogens (tertiary/aromatic N) is 4. The van der Waals surface area contributed by atoms with Crippen LogP contribution in [0.5, 0.6) is 0 Å². The number of rotatable bonds is 8. The van der Waals surface area contributed by atoms with Crippen molar-refractivity contribution in [2.75, 3.05) is 9.80 Å². The molecule has 0 saturated carbocycles. The van der Waals surface area contributed by atoms with E-state index >= 15 is 0 Å². The topological polar surface area (TPSA) is 32.3 Å². The third-order valence-corrected chi connectivity index (χ3v) is 7.55. The maximum atomic E-state index is 4.74. The molecular weight excluding hydrogens is 536 g/mol. The molecule has 0 radical (unpaired) electrons.